The number of carbonyl (C=O) groups is 2. The van der Waals surface area contributed by atoms with Gasteiger partial charge in [-0.15, -0.1) is 23.1 Å². The van der Waals surface area contributed by atoms with E-state index in [0.717, 1.165) is 58.0 Å². The van der Waals surface area contributed by atoms with Gasteiger partial charge < -0.3 is 0 Å². The number of fused-ring (bicyclic) bond motifs is 1. The fourth-order valence-electron chi connectivity index (χ4n) is 5.77. The molecule has 4 nitrogen and oxygen atoms in total. The van der Waals surface area contributed by atoms with Crippen LogP contribution >= 0.6 is 23.1 Å². The van der Waals surface area contributed by atoms with E-state index in [1.165, 1.54) is 11.3 Å². The summed E-state index contributed by atoms with van der Waals surface area (Å²) in [4.78, 5) is 31.5. The van der Waals surface area contributed by atoms with Gasteiger partial charge in [0, 0.05) is 39.8 Å². The zero-order chi connectivity index (χ0) is 24.0. The Kier molecular flexibility index (Phi) is 6.20. The summed E-state index contributed by atoms with van der Waals surface area (Å²) in [6.45, 7) is 4.20. The van der Waals surface area contributed by atoms with Crippen molar-refractivity contribution in [3.05, 3.63) is 57.1 Å². The minimum atomic E-state index is -0.222. The molecule has 3 aliphatic rings. The maximum atomic E-state index is 13.8. The van der Waals surface area contributed by atoms with Crippen molar-refractivity contribution in [3.63, 3.8) is 0 Å². The molecule has 1 amide bonds. The molecule has 0 fully saturated rings. The first-order valence-electron chi connectivity index (χ1n) is 12.1. The summed E-state index contributed by atoms with van der Waals surface area (Å²) < 4.78 is 0. The Morgan fingerprint density at radius 1 is 1.09 bits per heavy atom. The topological polar surface area (TPSA) is 61.2 Å². The van der Waals surface area contributed by atoms with Crippen molar-refractivity contribution < 1.29 is 9.59 Å². The van der Waals surface area contributed by atoms with Crippen LogP contribution in [-0.4, -0.2) is 17.9 Å². The molecular formula is C28H30N2O2S2. The first kappa shape index (κ1) is 23.4. The van der Waals surface area contributed by atoms with Gasteiger partial charge in [0.1, 0.15) is 11.1 Å². The fraction of sp³-hybridized carbons (Fsp3) is 0.464. The average molecular weight is 491 g/mol. The lowest BCUT2D eigenvalue weighted by Gasteiger charge is -2.42. The SMILES string of the molecule is CSc1ccc([C@@H]2CC(=O)N(c3sc4c(c3C#N)CCCCC4)C3=C2C(=O)CC(C)(C)C3)cc1. The first-order valence-corrected chi connectivity index (χ1v) is 14.1. The molecule has 1 atom stereocenters. The molecule has 0 spiro atoms. The summed E-state index contributed by atoms with van der Waals surface area (Å²) in [5.74, 6) is -0.0861. The van der Waals surface area contributed by atoms with E-state index in [1.807, 2.05) is 6.26 Å². The second kappa shape index (κ2) is 9.02. The number of ketones is 1. The van der Waals surface area contributed by atoms with Crippen LogP contribution in [0.1, 0.15) is 79.9 Å². The van der Waals surface area contributed by atoms with E-state index in [1.54, 1.807) is 28.0 Å². The van der Waals surface area contributed by atoms with Gasteiger partial charge in [-0.25, -0.2) is 0 Å². The molecule has 2 heterocycles. The standard InChI is InChI=1S/C28H30N2O2S2/c1-28(2)14-22-26(23(31)15-28)20(17-9-11-18(33-3)12-10-17)13-25(32)30(22)27-21(16-29)19-7-5-4-6-8-24(19)34-27/h9-12,20H,4-8,13-15H2,1-3H3/t20-/m0/s1. The lowest BCUT2D eigenvalue weighted by atomic mass is 9.69. The quantitative estimate of drug-likeness (QED) is 0.352. The smallest absolute Gasteiger partial charge is 0.232 e. The number of Topliss-reactive ketones (excluding diaryl/α,β-unsaturated/α-hetero) is 1. The number of allylic oxidation sites excluding steroid dienone is 2. The summed E-state index contributed by atoms with van der Waals surface area (Å²) in [5.41, 5.74) is 4.19. The van der Waals surface area contributed by atoms with Gasteiger partial charge in [-0.05, 0) is 67.0 Å². The highest BCUT2D eigenvalue weighted by molar-refractivity contribution is 7.98. The third-order valence-electron chi connectivity index (χ3n) is 7.38. The third-order valence-corrected chi connectivity index (χ3v) is 9.40. The van der Waals surface area contributed by atoms with E-state index >= 15 is 0 Å². The maximum Gasteiger partial charge on any atom is 0.232 e. The van der Waals surface area contributed by atoms with Crippen molar-refractivity contribution in [2.45, 2.75) is 76.0 Å². The molecule has 0 saturated carbocycles. The lowest BCUT2D eigenvalue weighted by molar-refractivity contribution is -0.120. The van der Waals surface area contributed by atoms with Crippen molar-refractivity contribution in [1.82, 2.24) is 0 Å². The van der Waals surface area contributed by atoms with E-state index in [-0.39, 0.29) is 29.4 Å². The predicted octanol–water partition coefficient (Wildman–Crippen LogP) is 6.77. The Bertz CT molecular complexity index is 1230. The minimum Gasteiger partial charge on any atom is -0.294 e. The Labute approximate surface area is 210 Å². The summed E-state index contributed by atoms with van der Waals surface area (Å²) in [6.07, 6.45) is 8.70. The lowest BCUT2D eigenvalue weighted by Crippen LogP contribution is -2.43. The second-order valence-corrected chi connectivity index (χ2v) is 12.4. The van der Waals surface area contributed by atoms with E-state index in [9.17, 15) is 14.9 Å². The Balaban J connectivity index is 1.67. The van der Waals surface area contributed by atoms with Crippen LogP contribution in [0.5, 0.6) is 0 Å². The molecule has 2 aliphatic carbocycles. The number of thiophene rings is 1. The van der Waals surface area contributed by atoms with Gasteiger partial charge in [0.05, 0.1) is 5.56 Å². The Morgan fingerprint density at radius 2 is 1.82 bits per heavy atom. The zero-order valence-electron chi connectivity index (χ0n) is 20.1. The molecular weight excluding hydrogens is 460 g/mol. The predicted molar refractivity (Wildman–Crippen MR) is 138 cm³/mol. The number of nitriles is 1. The van der Waals surface area contributed by atoms with Crippen molar-refractivity contribution >= 4 is 39.8 Å². The maximum absolute atomic E-state index is 13.8. The van der Waals surface area contributed by atoms with Crippen LogP contribution in [0.2, 0.25) is 0 Å². The number of anilines is 1. The number of thioether (sulfide) groups is 1. The largest absolute Gasteiger partial charge is 0.294 e. The van der Waals surface area contributed by atoms with Crippen LogP contribution in [0.25, 0.3) is 0 Å². The molecule has 2 aromatic rings. The molecule has 5 rings (SSSR count). The van der Waals surface area contributed by atoms with Gasteiger partial charge >= 0.3 is 0 Å². The van der Waals surface area contributed by atoms with Crippen molar-refractivity contribution in [3.8, 4) is 6.07 Å². The number of carbonyl (C=O) groups excluding carboxylic acids is 2. The van der Waals surface area contributed by atoms with Crippen LogP contribution < -0.4 is 4.90 Å². The number of hydrogen-bond donors (Lipinski definition) is 0. The summed E-state index contributed by atoms with van der Waals surface area (Å²) in [6, 6.07) is 10.7. The van der Waals surface area contributed by atoms with Crippen LogP contribution in [0.15, 0.2) is 40.4 Å². The van der Waals surface area contributed by atoms with Crippen LogP contribution in [0.4, 0.5) is 5.00 Å². The van der Waals surface area contributed by atoms with Gasteiger partial charge in [0.2, 0.25) is 5.91 Å². The van der Waals surface area contributed by atoms with Gasteiger partial charge in [0.15, 0.2) is 5.78 Å². The number of hydrogen-bond acceptors (Lipinski definition) is 5. The normalized spacial score (nSPS) is 22.2. The average Bonchev–Trinajstić information content (AvgIpc) is 2.97. The molecule has 0 unspecified atom stereocenters. The third kappa shape index (κ3) is 4.03. The molecule has 0 bridgehead atoms. The highest BCUT2D eigenvalue weighted by atomic mass is 32.2. The first-order chi connectivity index (χ1) is 16.3. The van der Waals surface area contributed by atoms with E-state index in [0.29, 0.717) is 18.4 Å². The fourth-order valence-corrected chi connectivity index (χ4v) is 7.56. The highest BCUT2D eigenvalue weighted by Gasteiger charge is 2.45. The molecule has 1 aliphatic heterocycles. The highest BCUT2D eigenvalue weighted by Crippen LogP contribution is 2.51. The van der Waals surface area contributed by atoms with Gasteiger partial charge in [0.25, 0.3) is 0 Å². The summed E-state index contributed by atoms with van der Waals surface area (Å²) in [7, 11) is 0. The molecule has 0 radical (unpaired) electrons. The second-order valence-electron chi connectivity index (χ2n) is 10.4. The number of benzene rings is 1. The summed E-state index contributed by atoms with van der Waals surface area (Å²) >= 11 is 3.28. The molecule has 6 heteroatoms. The molecule has 176 valence electrons. The molecule has 34 heavy (non-hydrogen) atoms. The van der Waals surface area contributed by atoms with Gasteiger partial charge in [-0.3, -0.25) is 14.5 Å². The molecule has 0 saturated heterocycles. The van der Waals surface area contributed by atoms with Gasteiger partial charge in [-0.1, -0.05) is 32.4 Å². The number of aryl methyl sites for hydroxylation is 1. The van der Waals surface area contributed by atoms with E-state index in [2.05, 4.69) is 44.2 Å². The van der Waals surface area contributed by atoms with Crippen molar-refractivity contribution in [2.24, 2.45) is 5.41 Å². The van der Waals surface area contributed by atoms with Crippen LogP contribution in [0, 0.1) is 16.7 Å². The van der Waals surface area contributed by atoms with Crippen molar-refractivity contribution in [1.29, 1.82) is 5.26 Å². The van der Waals surface area contributed by atoms with Gasteiger partial charge in [-0.2, -0.15) is 5.26 Å². The molecule has 1 aromatic heterocycles. The number of nitrogens with zero attached hydrogens (tertiary/aromatic N) is 2. The van der Waals surface area contributed by atoms with E-state index in [4.69, 9.17) is 0 Å². The number of rotatable bonds is 3. The zero-order valence-corrected chi connectivity index (χ0v) is 21.7. The van der Waals surface area contributed by atoms with Crippen LogP contribution in [-0.2, 0) is 22.4 Å². The number of amides is 1. The summed E-state index contributed by atoms with van der Waals surface area (Å²) in [5, 5.41) is 10.9. The Hall–Kier alpha value is -2.36. The van der Waals surface area contributed by atoms with Crippen LogP contribution in [0.3, 0.4) is 0 Å². The Morgan fingerprint density at radius 3 is 2.53 bits per heavy atom. The van der Waals surface area contributed by atoms with E-state index < -0.39 is 0 Å². The minimum absolute atomic E-state index is 0.00361. The van der Waals surface area contributed by atoms with Crippen molar-refractivity contribution in [2.75, 3.05) is 11.2 Å². The monoisotopic (exact) mass is 490 g/mol. The molecule has 0 N–H and O–H groups in total. The molecule has 1 aromatic carbocycles.